The molecule has 6 aromatic rings. The first-order valence-corrected chi connectivity index (χ1v) is 16.7. The largest absolute Gasteiger partial charge is 0.495 e. The Morgan fingerprint density at radius 1 is 0.583 bits per heavy atom. The van der Waals surface area contributed by atoms with Crippen LogP contribution in [0.25, 0.3) is 33.0 Å². The van der Waals surface area contributed by atoms with E-state index in [1.807, 2.05) is 42.5 Å². The highest BCUT2D eigenvalue weighted by Crippen LogP contribution is 2.44. The molecule has 0 bridgehead atoms. The number of anilines is 1. The fourth-order valence-electron chi connectivity index (χ4n) is 6.63. The summed E-state index contributed by atoms with van der Waals surface area (Å²) in [6.45, 7) is 8.78. The van der Waals surface area contributed by atoms with Crippen molar-refractivity contribution in [3.05, 3.63) is 150 Å². The second kappa shape index (κ2) is 14.6. The fourth-order valence-corrected chi connectivity index (χ4v) is 6.63. The van der Waals surface area contributed by atoms with Crippen molar-refractivity contribution in [1.82, 2.24) is 0 Å². The molecule has 0 aliphatic rings. The fraction of sp³-hybridized carbons (Fsp3) is 0.205. The van der Waals surface area contributed by atoms with Crippen LogP contribution >= 0.6 is 0 Å². The molecule has 0 aliphatic carbocycles. The van der Waals surface area contributed by atoms with Crippen molar-refractivity contribution in [3.8, 4) is 33.8 Å². The summed E-state index contributed by atoms with van der Waals surface area (Å²) >= 11 is 0. The molecule has 0 spiro atoms. The van der Waals surface area contributed by atoms with Gasteiger partial charge in [0, 0.05) is 11.1 Å². The standard InChI is InChI=1S/C44H43NO3/c1-29(2)32-18-8-10-21-35(32)38-24-15-25-39(36-22-11-9-19-33(36)30(3)4)44(38)48-43(46)28-41(45-40-26-12-13-27-42(40)47-5)37-23-14-17-31-16-6-7-20-34(31)37/h6-27,29-30,41,45H,28H2,1-5H3. The Morgan fingerprint density at radius 3 is 1.73 bits per heavy atom. The Labute approximate surface area is 284 Å². The van der Waals surface area contributed by atoms with Crippen LogP contribution in [0.3, 0.4) is 0 Å². The zero-order valence-corrected chi connectivity index (χ0v) is 28.4. The Kier molecular flexibility index (Phi) is 9.91. The van der Waals surface area contributed by atoms with E-state index in [1.165, 1.54) is 11.1 Å². The highest BCUT2D eigenvalue weighted by molar-refractivity contribution is 5.90. The topological polar surface area (TPSA) is 47.6 Å². The minimum Gasteiger partial charge on any atom is -0.495 e. The van der Waals surface area contributed by atoms with Gasteiger partial charge in [0.25, 0.3) is 0 Å². The Balaban J connectivity index is 1.47. The zero-order valence-electron chi connectivity index (χ0n) is 28.4. The third-order valence-electron chi connectivity index (χ3n) is 8.98. The van der Waals surface area contributed by atoms with E-state index in [-0.39, 0.29) is 30.3 Å². The molecule has 0 saturated carbocycles. The molecule has 6 rings (SSSR count). The predicted molar refractivity (Wildman–Crippen MR) is 199 cm³/mol. The lowest BCUT2D eigenvalue weighted by atomic mass is 9.87. The van der Waals surface area contributed by atoms with Gasteiger partial charge in [0.2, 0.25) is 0 Å². The van der Waals surface area contributed by atoms with Crippen LogP contribution in [0, 0.1) is 0 Å². The Morgan fingerprint density at radius 2 is 1.08 bits per heavy atom. The normalized spacial score (nSPS) is 11.9. The monoisotopic (exact) mass is 633 g/mol. The lowest BCUT2D eigenvalue weighted by Gasteiger charge is -2.24. The summed E-state index contributed by atoms with van der Waals surface area (Å²) < 4.78 is 12.3. The van der Waals surface area contributed by atoms with Gasteiger partial charge in [-0.3, -0.25) is 4.79 Å². The van der Waals surface area contributed by atoms with Crippen LogP contribution in [0.2, 0.25) is 0 Å². The maximum Gasteiger partial charge on any atom is 0.313 e. The van der Waals surface area contributed by atoms with E-state index in [2.05, 4.69) is 124 Å². The highest BCUT2D eigenvalue weighted by Gasteiger charge is 2.25. The van der Waals surface area contributed by atoms with E-state index in [0.717, 1.165) is 44.3 Å². The number of methoxy groups -OCH3 is 1. The number of fused-ring (bicyclic) bond motifs is 1. The van der Waals surface area contributed by atoms with Crippen LogP contribution in [0.1, 0.15) is 68.7 Å². The maximum absolute atomic E-state index is 14.4. The van der Waals surface area contributed by atoms with E-state index in [0.29, 0.717) is 11.5 Å². The Bertz CT molecular complexity index is 1970. The molecule has 0 heterocycles. The molecule has 1 N–H and O–H groups in total. The maximum atomic E-state index is 14.4. The number of ether oxygens (including phenoxy) is 2. The van der Waals surface area contributed by atoms with Gasteiger partial charge in [0.05, 0.1) is 25.3 Å². The molecule has 1 atom stereocenters. The average molecular weight is 634 g/mol. The third-order valence-corrected chi connectivity index (χ3v) is 8.98. The summed E-state index contributed by atoms with van der Waals surface area (Å²) in [5, 5.41) is 5.83. The van der Waals surface area contributed by atoms with Crippen LogP contribution in [0.5, 0.6) is 11.5 Å². The van der Waals surface area contributed by atoms with Crippen molar-refractivity contribution >= 4 is 22.4 Å². The van der Waals surface area contributed by atoms with E-state index in [9.17, 15) is 4.79 Å². The van der Waals surface area contributed by atoms with Crippen LogP contribution in [0.4, 0.5) is 5.69 Å². The van der Waals surface area contributed by atoms with Crippen molar-refractivity contribution in [2.24, 2.45) is 0 Å². The second-order valence-corrected chi connectivity index (χ2v) is 12.8. The van der Waals surface area contributed by atoms with Gasteiger partial charge in [-0.25, -0.2) is 0 Å². The van der Waals surface area contributed by atoms with Crippen molar-refractivity contribution in [2.75, 3.05) is 12.4 Å². The SMILES string of the molecule is COc1ccccc1NC(CC(=O)Oc1c(-c2ccccc2C(C)C)cccc1-c1ccccc1C(C)C)c1cccc2ccccc12. The number of nitrogens with one attached hydrogen (secondary N) is 1. The van der Waals surface area contributed by atoms with Crippen LogP contribution in [-0.2, 0) is 4.79 Å². The molecule has 0 aromatic heterocycles. The van der Waals surface area contributed by atoms with Gasteiger partial charge in [0.15, 0.2) is 0 Å². The van der Waals surface area contributed by atoms with Crippen LogP contribution in [-0.4, -0.2) is 13.1 Å². The van der Waals surface area contributed by atoms with Gasteiger partial charge < -0.3 is 14.8 Å². The third kappa shape index (κ3) is 6.84. The first-order valence-electron chi connectivity index (χ1n) is 16.7. The number of hydrogen-bond acceptors (Lipinski definition) is 4. The first kappa shape index (κ1) is 32.6. The lowest BCUT2D eigenvalue weighted by Crippen LogP contribution is -2.20. The van der Waals surface area contributed by atoms with Gasteiger partial charge in [-0.2, -0.15) is 0 Å². The lowest BCUT2D eigenvalue weighted by molar-refractivity contribution is -0.134. The summed E-state index contributed by atoms with van der Waals surface area (Å²) in [6.07, 6.45) is 0.0947. The molecule has 6 aromatic carbocycles. The van der Waals surface area contributed by atoms with Gasteiger partial charge in [0.1, 0.15) is 11.5 Å². The molecule has 0 fully saturated rings. The van der Waals surface area contributed by atoms with Gasteiger partial charge in [-0.1, -0.05) is 149 Å². The van der Waals surface area contributed by atoms with E-state index in [4.69, 9.17) is 9.47 Å². The summed E-state index contributed by atoms with van der Waals surface area (Å²) in [7, 11) is 1.66. The molecular formula is C44H43NO3. The number of para-hydroxylation sites is 3. The summed E-state index contributed by atoms with van der Waals surface area (Å²) in [6, 6.07) is 44.9. The van der Waals surface area contributed by atoms with E-state index in [1.54, 1.807) is 7.11 Å². The van der Waals surface area contributed by atoms with E-state index >= 15 is 0 Å². The predicted octanol–water partition coefficient (Wildman–Crippen LogP) is 11.6. The minimum atomic E-state index is -0.388. The molecule has 242 valence electrons. The quantitative estimate of drug-likeness (QED) is 0.114. The number of carbonyl (C=O) groups excluding carboxylic acids is 1. The molecular weight excluding hydrogens is 590 g/mol. The highest BCUT2D eigenvalue weighted by atomic mass is 16.5. The van der Waals surface area contributed by atoms with Crippen LogP contribution < -0.4 is 14.8 Å². The average Bonchev–Trinajstić information content (AvgIpc) is 3.11. The number of carbonyl (C=O) groups is 1. The molecule has 1 unspecified atom stereocenters. The molecule has 4 nitrogen and oxygen atoms in total. The van der Waals surface area contributed by atoms with Crippen molar-refractivity contribution in [3.63, 3.8) is 0 Å². The number of hydrogen-bond donors (Lipinski definition) is 1. The van der Waals surface area contributed by atoms with Crippen LogP contribution in [0.15, 0.2) is 133 Å². The van der Waals surface area contributed by atoms with Gasteiger partial charge >= 0.3 is 5.97 Å². The van der Waals surface area contributed by atoms with E-state index < -0.39 is 0 Å². The molecule has 0 amide bonds. The second-order valence-electron chi connectivity index (χ2n) is 12.8. The number of rotatable bonds is 11. The van der Waals surface area contributed by atoms with Crippen molar-refractivity contribution in [1.29, 1.82) is 0 Å². The first-order chi connectivity index (χ1) is 23.4. The molecule has 0 radical (unpaired) electrons. The minimum absolute atomic E-state index is 0.0947. The molecule has 0 aliphatic heterocycles. The summed E-state index contributed by atoms with van der Waals surface area (Å²) in [5.41, 5.74) is 8.18. The molecule has 48 heavy (non-hydrogen) atoms. The molecule has 4 heteroatoms. The smallest absolute Gasteiger partial charge is 0.313 e. The van der Waals surface area contributed by atoms with Gasteiger partial charge in [-0.15, -0.1) is 0 Å². The number of esters is 1. The summed E-state index contributed by atoms with van der Waals surface area (Å²) in [4.78, 5) is 14.4. The van der Waals surface area contributed by atoms with Gasteiger partial charge in [-0.05, 0) is 62.6 Å². The van der Waals surface area contributed by atoms with Crippen molar-refractivity contribution in [2.45, 2.75) is 52.0 Å². The molecule has 0 saturated heterocycles. The number of benzene rings is 6. The summed E-state index contributed by atoms with van der Waals surface area (Å²) in [5.74, 6) is 1.54. The zero-order chi connectivity index (χ0) is 33.6. The Hall–Kier alpha value is -5.35. The van der Waals surface area contributed by atoms with Crippen molar-refractivity contribution < 1.29 is 14.3 Å².